The van der Waals surface area contributed by atoms with Gasteiger partial charge in [-0.05, 0) is 12.1 Å². The van der Waals surface area contributed by atoms with Gasteiger partial charge in [-0.2, -0.15) is 0 Å². The summed E-state index contributed by atoms with van der Waals surface area (Å²) in [7, 11) is 0. The van der Waals surface area contributed by atoms with Crippen LogP contribution in [0.3, 0.4) is 0 Å². The van der Waals surface area contributed by atoms with Gasteiger partial charge in [-0.25, -0.2) is 4.68 Å². The average molecular weight is 245 g/mol. The smallest absolute Gasteiger partial charge is 0.269 e. The molecule has 0 atom stereocenters. The lowest BCUT2D eigenvalue weighted by Gasteiger charge is -2.26. The minimum absolute atomic E-state index is 0.0781. The molecular weight excluding hydrogens is 234 g/mol. The largest absolute Gasteiger partial charge is 0.312 e. The summed E-state index contributed by atoms with van der Waals surface area (Å²) in [5.41, 5.74) is 1.64. The predicted octanol–water partition coefficient (Wildman–Crippen LogP) is 0.998. The average Bonchev–Trinajstić information content (AvgIpc) is 2.76. The zero-order valence-corrected chi connectivity index (χ0v) is 9.48. The van der Waals surface area contributed by atoms with Crippen LogP contribution in [0.1, 0.15) is 6.04 Å². The number of hydrogen-bond acceptors (Lipinski definition) is 5. The predicted molar refractivity (Wildman–Crippen MR) is 64.0 cm³/mol. The molecule has 0 spiro atoms. The van der Waals surface area contributed by atoms with E-state index in [1.54, 1.807) is 12.1 Å². The van der Waals surface area contributed by atoms with Crippen molar-refractivity contribution in [1.29, 1.82) is 0 Å². The summed E-state index contributed by atoms with van der Waals surface area (Å²) < 4.78 is 1.83. The fourth-order valence-electron chi connectivity index (χ4n) is 1.80. The van der Waals surface area contributed by atoms with E-state index in [1.807, 2.05) is 10.9 Å². The van der Waals surface area contributed by atoms with Gasteiger partial charge in [-0.15, -0.1) is 5.10 Å². The maximum absolute atomic E-state index is 10.6. The zero-order valence-electron chi connectivity index (χ0n) is 9.48. The first-order chi connectivity index (χ1) is 8.74. The number of nitrogens with zero attached hydrogens (tertiary/aromatic N) is 4. The van der Waals surface area contributed by atoms with Gasteiger partial charge in [0.05, 0.1) is 17.2 Å². The molecule has 1 N–H and O–H groups in total. The summed E-state index contributed by atoms with van der Waals surface area (Å²) >= 11 is 0. The third-order valence-electron chi connectivity index (χ3n) is 3.02. The van der Waals surface area contributed by atoms with Gasteiger partial charge in [0.15, 0.2) is 0 Å². The minimum Gasteiger partial charge on any atom is -0.312 e. The quantitative estimate of drug-likeness (QED) is 0.644. The van der Waals surface area contributed by atoms with Crippen LogP contribution >= 0.6 is 0 Å². The normalized spacial score (nSPS) is 15.3. The van der Waals surface area contributed by atoms with Crippen LogP contribution in [-0.4, -0.2) is 33.0 Å². The number of hydrogen-bond donors (Lipinski definition) is 1. The second-order valence-corrected chi connectivity index (χ2v) is 4.20. The summed E-state index contributed by atoms with van der Waals surface area (Å²) in [5.74, 6) is 0. The van der Waals surface area contributed by atoms with E-state index in [2.05, 4.69) is 15.6 Å². The molecule has 0 aliphatic carbocycles. The lowest BCUT2D eigenvalue weighted by Crippen LogP contribution is -2.43. The molecule has 7 heteroatoms. The molecule has 0 saturated carbocycles. The lowest BCUT2D eigenvalue weighted by atomic mass is 10.1. The molecule has 2 aromatic rings. The molecule has 1 fully saturated rings. The maximum atomic E-state index is 10.6. The Balaban J connectivity index is 1.85. The summed E-state index contributed by atoms with van der Waals surface area (Å²) in [6.07, 6.45) is 1.87. The van der Waals surface area contributed by atoms with Crippen LogP contribution in [0.2, 0.25) is 0 Å². The fraction of sp³-hybridized carbons (Fsp3) is 0.273. The Morgan fingerprint density at radius 1 is 1.33 bits per heavy atom. The number of aromatic nitrogens is 3. The number of benzene rings is 1. The molecule has 7 nitrogen and oxygen atoms in total. The second kappa shape index (κ2) is 4.19. The van der Waals surface area contributed by atoms with E-state index in [0.717, 1.165) is 24.3 Å². The van der Waals surface area contributed by atoms with Gasteiger partial charge in [0.2, 0.25) is 0 Å². The summed E-state index contributed by atoms with van der Waals surface area (Å²) in [5, 5.41) is 21.9. The van der Waals surface area contributed by atoms with Crippen molar-refractivity contribution in [2.75, 3.05) is 13.1 Å². The van der Waals surface area contributed by atoms with Crippen LogP contribution in [0.25, 0.3) is 11.3 Å². The van der Waals surface area contributed by atoms with Crippen molar-refractivity contribution in [3.63, 3.8) is 0 Å². The zero-order chi connectivity index (χ0) is 12.5. The van der Waals surface area contributed by atoms with Gasteiger partial charge in [0, 0.05) is 30.8 Å². The number of rotatable bonds is 3. The van der Waals surface area contributed by atoms with E-state index in [9.17, 15) is 10.1 Å². The second-order valence-electron chi connectivity index (χ2n) is 4.20. The first kappa shape index (κ1) is 10.8. The van der Waals surface area contributed by atoms with Gasteiger partial charge in [0.25, 0.3) is 5.69 Å². The van der Waals surface area contributed by atoms with Crippen LogP contribution < -0.4 is 5.32 Å². The van der Waals surface area contributed by atoms with E-state index in [0.29, 0.717) is 6.04 Å². The Kier molecular flexibility index (Phi) is 2.52. The number of nitro benzene ring substituents is 1. The van der Waals surface area contributed by atoms with E-state index >= 15 is 0 Å². The standard InChI is InChI=1S/C11H11N5O2/c17-16(18)9-3-1-8(2-4-9)11-7-15(14-13-11)10-5-12-6-10/h1-4,7,10,12H,5-6H2. The number of nitrogens with one attached hydrogen (secondary N) is 1. The Labute approximate surface area is 103 Å². The third kappa shape index (κ3) is 1.84. The SMILES string of the molecule is O=[N+]([O-])c1ccc(-c2cn(C3CNC3)nn2)cc1. The first-order valence-corrected chi connectivity index (χ1v) is 5.61. The molecule has 0 bridgehead atoms. The molecule has 3 rings (SSSR count). The molecule has 1 aliphatic rings. The first-order valence-electron chi connectivity index (χ1n) is 5.61. The van der Waals surface area contributed by atoms with Gasteiger partial charge < -0.3 is 5.32 Å². The molecule has 92 valence electrons. The number of non-ortho nitro benzene ring substituents is 1. The van der Waals surface area contributed by atoms with Crippen molar-refractivity contribution in [2.24, 2.45) is 0 Å². The molecule has 1 saturated heterocycles. The molecule has 0 radical (unpaired) electrons. The van der Waals surface area contributed by atoms with Gasteiger partial charge >= 0.3 is 0 Å². The van der Waals surface area contributed by atoms with E-state index in [4.69, 9.17) is 0 Å². The van der Waals surface area contributed by atoms with E-state index in [-0.39, 0.29) is 5.69 Å². The van der Waals surface area contributed by atoms with E-state index in [1.165, 1.54) is 12.1 Å². The van der Waals surface area contributed by atoms with Gasteiger partial charge in [-0.3, -0.25) is 10.1 Å². The van der Waals surface area contributed by atoms with Crippen molar-refractivity contribution in [3.8, 4) is 11.3 Å². The summed E-state index contributed by atoms with van der Waals surface area (Å²) in [6, 6.07) is 6.68. The Bertz CT molecular complexity index is 573. The van der Waals surface area contributed by atoms with Crippen LogP contribution in [0, 0.1) is 10.1 Å². The summed E-state index contributed by atoms with van der Waals surface area (Å²) in [6.45, 7) is 1.81. The molecule has 1 aromatic heterocycles. The fourth-order valence-corrected chi connectivity index (χ4v) is 1.80. The van der Waals surface area contributed by atoms with Crippen molar-refractivity contribution in [2.45, 2.75) is 6.04 Å². The highest BCUT2D eigenvalue weighted by Crippen LogP contribution is 2.21. The topological polar surface area (TPSA) is 85.9 Å². The van der Waals surface area contributed by atoms with Crippen LogP contribution in [0.15, 0.2) is 30.5 Å². The summed E-state index contributed by atoms with van der Waals surface area (Å²) in [4.78, 5) is 10.1. The molecule has 1 aliphatic heterocycles. The molecule has 2 heterocycles. The Morgan fingerprint density at radius 2 is 2.06 bits per heavy atom. The molecule has 0 amide bonds. The van der Waals surface area contributed by atoms with Crippen molar-refractivity contribution in [1.82, 2.24) is 20.3 Å². The highest BCUT2D eigenvalue weighted by atomic mass is 16.6. The molecule has 1 aromatic carbocycles. The van der Waals surface area contributed by atoms with Crippen LogP contribution in [0.4, 0.5) is 5.69 Å². The van der Waals surface area contributed by atoms with Crippen molar-refractivity contribution in [3.05, 3.63) is 40.6 Å². The third-order valence-corrected chi connectivity index (χ3v) is 3.02. The monoisotopic (exact) mass is 245 g/mol. The Morgan fingerprint density at radius 3 is 2.61 bits per heavy atom. The highest BCUT2D eigenvalue weighted by molar-refractivity contribution is 5.59. The van der Waals surface area contributed by atoms with Crippen LogP contribution in [-0.2, 0) is 0 Å². The molecular formula is C11H11N5O2. The minimum atomic E-state index is -0.416. The van der Waals surface area contributed by atoms with Gasteiger partial charge in [-0.1, -0.05) is 5.21 Å². The number of nitro groups is 1. The molecule has 0 unspecified atom stereocenters. The van der Waals surface area contributed by atoms with Gasteiger partial charge in [0.1, 0.15) is 5.69 Å². The van der Waals surface area contributed by atoms with Crippen LogP contribution in [0.5, 0.6) is 0 Å². The highest BCUT2D eigenvalue weighted by Gasteiger charge is 2.20. The maximum Gasteiger partial charge on any atom is 0.269 e. The molecule has 18 heavy (non-hydrogen) atoms. The van der Waals surface area contributed by atoms with Crippen molar-refractivity contribution >= 4 is 5.69 Å². The van der Waals surface area contributed by atoms with E-state index < -0.39 is 4.92 Å². The Hall–Kier alpha value is -2.28. The lowest BCUT2D eigenvalue weighted by molar-refractivity contribution is -0.384. The van der Waals surface area contributed by atoms with Crippen molar-refractivity contribution < 1.29 is 4.92 Å².